The summed E-state index contributed by atoms with van der Waals surface area (Å²) in [6, 6.07) is 0. The average Bonchev–Trinajstić information content (AvgIpc) is 2.59. The molecule has 0 saturated carbocycles. The van der Waals surface area contributed by atoms with E-state index in [-0.39, 0.29) is 17.9 Å². The molecule has 2 aliphatic rings. The third kappa shape index (κ3) is 7.84. The molecule has 27 heavy (non-hydrogen) atoms. The predicted molar refractivity (Wildman–Crippen MR) is 113 cm³/mol. The van der Waals surface area contributed by atoms with Crippen LogP contribution in [-0.4, -0.2) is 48.9 Å². The van der Waals surface area contributed by atoms with Crippen LogP contribution in [0.15, 0.2) is 40.4 Å². The van der Waals surface area contributed by atoms with E-state index in [4.69, 9.17) is 4.74 Å². The SMILES string of the molecule is CC(C)(C)OC(=O)CN=CCC(C)(C)C1=CCN(CC2=CCCC=C2)CC1. The van der Waals surface area contributed by atoms with E-state index in [9.17, 15) is 4.79 Å². The number of aliphatic imine (C=N–C) groups is 1. The van der Waals surface area contributed by atoms with Crippen LogP contribution in [0.2, 0.25) is 0 Å². The molecule has 0 unspecified atom stereocenters. The van der Waals surface area contributed by atoms with Crippen LogP contribution in [0, 0.1) is 5.41 Å². The number of carbonyl (C=O) groups excluding carboxylic acids is 1. The molecule has 0 saturated heterocycles. The highest BCUT2D eigenvalue weighted by Crippen LogP contribution is 2.33. The van der Waals surface area contributed by atoms with Gasteiger partial charge in [-0.3, -0.25) is 14.7 Å². The summed E-state index contributed by atoms with van der Waals surface area (Å²) in [4.78, 5) is 18.5. The molecule has 1 aliphatic carbocycles. The molecule has 4 nitrogen and oxygen atoms in total. The van der Waals surface area contributed by atoms with Crippen molar-refractivity contribution in [3.05, 3.63) is 35.5 Å². The second-order valence-electron chi connectivity index (χ2n) is 9.17. The van der Waals surface area contributed by atoms with Crippen LogP contribution >= 0.6 is 0 Å². The second-order valence-corrected chi connectivity index (χ2v) is 9.17. The van der Waals surface area contributed by atoms with Gasteiger partial charge in [-0.2, -0.15) is 0 Å². The van der Waals surface area contributed by atoms with Crippen LogP contribution in [0.1, 0.15) is 60.3 Å². The van der Waals surface area contributed by atoms with Crippen molar-refractivity contribution in [2.24, 2.45) is 10.4 Å². The first kappa shape index (κ1) is 21.6. The standard InChI is InChI=1S/C23H36N2O2/c1-22(2,3)27-21(26)17-24-14-13-23(4,5)20-11-15-25(16-12-20)18-19-9-7-6-8-10-19/h7,9-11,14H,6,8,12-13,15-18H2,1-5H3. The topological polar surface area (TPSA) is 41.9 Å². The van der Waals surface area contributed by atoms with E-state index in [0.29, 0.717) is 0 Å². The zero-order valence-corrected chi connectivity index (χ0v) is 17.8. The molecule has 1 heterocycles. The lowest BCUT2D eigenvalue weighted by Gasteiger charge is -2.34. The number of ether oxygens (including phenoxy) is 1. The minimum atomic E-state index is -0.450. The average molecular weight is 373 g/mol. The zero-order valence-electron chi connectivity index (χ0n) is 17.8. The van der Waals surface area contributed by atoms with Gasteiger partial charge in [0.1, 0.15) is 12.1 Å². The van der Waals surface area contributed by atoms with Crippen LogP contribution < -0.4 is 0 Å². The van der Waals surface area contributed by atoms with Crippen molar-refractivity contribution in [2.75, 3.05) is 26.2 Å². The van der Waals surface area contributed by atoms with Gasteiger partial charge in [-0.25, -0.2) is 0 Å². The van der Waals surface area contributed by atoms with Crippen molar-refractivity contribution in [2.45, 2.75) is 65.9 Å². The number of nitrogens with zero attached hydrogens (tertiary/aromatic N) is 2. The third-order valence-corrected chi connectivity index (χ3v) is 5.01. The molecule has 0 spiro atoms. The van der Waals surface area contributed by atoms with Gasteiger partial charge >= 0.3 is 5.97 Å². The minimum Gasteiger partial charge on any atom is -0.459 e. The summed E-state index contributed by atoms with van der Waals surface area (Å²) in [5, 5.41) is 0. The summed E-state index contributed by atoms with van der Waals surface area (Å²) in [6.45, 7) is 13.4. The Balaban J connectivity index is 1.79. The monoisotopic (exact) mass is 372 g/mol. The first-order valence-corrected chi connectivity index (χ1v) is 10.1. The molecule has 0 aromatic rings. The quantitative estimate of drug-likeness (QED) is 0.369. The zero-order chi connectivity index (χ0) is 19.9. The summed E-state index contributed by atoms with van der Waals surface area (Å²) >= 11 is 0. The van der Waals surface area contributed by atoms with Gasteiger partial charge < -0.3 is 4.74 Å². The lowest BCUT2D eigenvalue weighted by Crippen LogP contribution is -2.33. The lowest BCUT2D eigenvalue weighted by molar-refractivity contribution is -0.152. The predicted octanol–water partition coefficient (Wildman–Crippen LogP) is 4.72. The maximum absolute atomic E-state index is 11.7. The Hall–Kier alpha value is -1.68. The largest absolute Gasteiger partial charge is 0.459 e. The van der Waals surface area contributed by atoms with Crippen LogP contribution in [-0.2, 0) is 9.53 Å². The molecule has 0 aromatic heterocycles. The van der Waals surface area contributed by atoms with Crippen LogP contribution in [0.25, 0.3) is 0 Å². The maximum atomic E-state index is 11.7. The Morgan fingerprint density at radius 1 is 1.22 bits per heavy atom. The van der Waals surface area contributed by atoms with Gasteiger partial charge in [-0.15, -0.1) is 0 Å². The van der Waals surface area contributed by atoms with Gasteiger partial charge in [-0.05, 0) is 57.4 Å². The summed E-state index contributed by atoms with van der Waals surface area (Å²) in [7, 11) is 0. The van der Waals surface area contributed by atoms with E-state index in [1.807, 2.05) is 27.0 Å². The van der Waals surface area contributed by atoms with Gasteiger partial charge in [0.25, 0.3) is 0 Å². The van der Waals surface area contributed by atoms with E-state index in [1.165, 1.54) is 24.0 Å². The van der Waals surface area contributed by atoms with E-state index < -0.39 is 5.60 Å². The van der Waals surface area contributed by atoms with Gasteiger partial charge in [0, 0.05) is 25.8 Å². The molecular formula is C23H36N2O2. The van der Waals surface area contributed by atoms with Gasteiger partial charge in [0.2, 0.25) is 0 Å². The molecule has 0 amide bonds. The van der Waals surface area contributed by atoms with Gasteiger partial charge in [0.15, 0.2) is 0 Å². The van der Waals surface area contributed by atoms with Crippen molar-refractivity contribution in [3.8, 4) is 0 Å². The Morgan fingerprint density at radius 3 is 2.59 bits per heavy atom. The first-order chi connectivity index (χ1) is 12.7. The summed E-state index contributed by atoms with van der Waals surface area (Å²) < 4.78 is 5.28. The highest BCUT2D eigenvalue weighted by Gasteiger charge is 2.25. The number of hydrogen-bond donors (Lipinski definition) is 0. The molecule has 1 aliphatic heterocycles. The van der Waals surface area contributed by atoms with Crippen molar-refractivity contribution < 1.29 is 9.53 Å². The number of esters is 1. The fraction of sp³-hybridized carbons (Fsp3) is 0.652. The fourth-order valence-corrected chi connectivity index (χ4v) is 3.45. The second kappa shape index (κ2) is 9.50. The Labute approximate surface area is 165 Å². The summed E-state index contributed by atoms with van der Waals surface area (Å²) in [6.07, 6.45) is 15.5. The van der Waals surface area contributed by atoms with Crippen LogP contribution in [0.3, 0.4) is 0 Å². The van der Waals surface area contributed by atoms with Gasteiger partial charge in [-0.1, -0.05) is 43.7 Å². The Bertz CT molecular complexity index is 633. The number of rotatable bonds is 7. The maximum Gasteiger partial charge on any atom is 0.328 e. The van der Waals surface area contributed by atoms with Crippen molar-refractivity contribution in [1.29, 1.82) is 0 Å². The molecule has 0 fully saturated rings. The molecule has 0 atom stereocenters. The van der Waals surface area contributed by atoms with Crippen molar-refractivity contribution >= 4 is 12.2 Å². The summed E-state index contributed by atoms with van der Waals surface area (Å²) in [5.74, 6) is -0.268. The van der Waals surface area contributed by atoms with E-state index in [1.54, 1.807) is 0 Å². The molecule has 0 radical (unpaired) electrons. The summed E-state index contributed by atoms with van der Waals surface area (Å²) in [5.41, 5.74) is 2.57. The number of hydrogen-bond acceptors (Lipinski definition) is 4. The molecule has 0 aromatic carbocycles. The first-order valence-electron chi connectivity index (χ1n) is 10.1. The van der Waals surface area contributed by atoms with Crippen molar-refractivity contribution in [3.63, 3.8) is 0 Å². The molecule has 2 rings (SSSR count). The number of carbonyl (C=O) groups is 1. The van der Waals surface area contributed by atoms with Crippen molar-refractivity contribution in [1.82, 2.24) is 4.90 Å². The molecule has 4 heteroatoms. The minimum absolute atomic E-state index is 0.0769. The fourth-order valence-electron chi connectivity index (χ4n) is 3.45. The smallest absolute Gasteiger partial charge is 0.328 e. The highest BCUT2D eigenvalue weighted by atomic mass is 16.6. The van der Waals surface area contributed by atoms with Crippen LogP contribution in [0.4, 0.5) is 0 Å². The van der Waals surface area contributed by atoms with E-state index >= 15 is 0 Å². The number of allylic oxidation sites excluding steroid dienone is 2. The van der Waals surface area contributed by atoms with E-state index in [2.05, 4.69) is 48.0 Å². The molecule has 150 valence electrons. The molecular weight excluding hydrogens is 336 g/mol. The lowest BCUT2D eigenvalue weighted by atomic mass is 9.78. The molecule has 0 bridgehead atoms. The third-order valence-electron chi connectivity index (χ3n) is 5.01. The van der Waals surface area contributed by atoms with E-state index in [0.717, 1.165) is 32.5 Å². The Kier molecular flexibility index (Phi) is 7.60. The van der Waals surface area contributed by atoms with Crippen LogP contribution in [0.5, 0.6) is 0 Å². The highest BCUT2D eigenvalue weighted by molar-refractivity contribution is 5.74. The Morgan fingerprint density at radius 2 is 2.00 bits per heavy atom. The molecule has 0 N–H and O–H groups in total. The normalized spacial score (nSPS) is 19.1. The van der Waals surface area contributed by atoms with Gasteiger partial charge in [0.05, 0.1) is 0 Å².